The highest BCUT2D eigenvalue weighted by molar-refractivity contribution is 7.91. The average Bonchev–Trinajstić information content (AvgIpc) is 2.39. The molecule has 112 valence electrons. The average molecular weight is 303 g/mol. The van der Waals surface area contributed by atoms with E-state index in [2.05, 4.69) is 0 Å². The van der Waals surface area contributed by atoms with Gasteiger partial charge in [-0.15, -0.1) is 0 Å². The van der Waals surface area contributed by atoms with Crippen LogP contribution in [-0.4, -0.2) is 49.8 Å². The predicted octanol–water partition coefficient (Wildman–Crippen LogP) is 1.64. The lowest BCUT2D eigenvalue weighted by Crippen LogP contribution is -2.29. The van der Waals surface area contributed by atoms with Crippen molar-refractivity contribution in [1.29, 1.82) is 0 Å². The number of hydrogen-bond acceptors (Lipinski definition) is 4. The molecule has 0 heterocycles. The number of carboxylic acids is 1. The van der Waals surface area contributed by atoms with Crippen LogP contribution in [-0.2, 0) is 9.84 Å². The number of hydrogen-bond donors (Lipinski definition) is 1. The van der Waals surface area contributed by atoms with Crippen molar-refractivity contribution in [3.05, 3.63) is 29.6 Å². The molecule has 0 amide bonds. The largest absolute Gasteiger partial charge is 0.478 e. The lowest BCUT2D eigenvalue weighted by atomic mass is 10.2. The fraction of sp³-hybridized carbons (Fsp3) is 0.462. The maximum atomic E-state index is 13.2. The van der Waals surface area contributed by atoms with E-state index in [0.29, 0.717) is 6.54 Å². The fourth-order valence-electron chi connectivity index (χ4n) is 1.77. The van der Waals surface area contributed by atoms with Crippen molar-refractivity contribution in [3.8, 4) is 0 Å². The van der Waals surface area contributed by atoms with Gasteiger partial charge in [-0.2, -0.15) is 0 Å². The van der Waals surface area contributed by atoms with Gasteiger partial charge in [-0.3, -0.25) is 0 Å². The summed E-state index contributed by atoms with van der Waals surface area (Å²) in [6.45, 7) is 5.67. The summed E-state index contributed by atoms with van der Waals surface area (Å²) in [5.74, 6) is -2.55. The van der Waals surface area contributed by atoms with Crippen molar-refractivity contribution in [3.63, 3.8) is 0 Å². The van der Waals surface area contributed by atoms with Crippen LogP contribution < -0.4 is 0 Å². The number of aromatic carboxylic acids is 1. The molecule has 20 heavy (non-hydrogen) atoms. The molecule has 7 heteroatoms. The lowest BCUT2D eigenvalue weighted by Gasteiger charge is -2.17. The summed E-state index contributed by atoms with van der Waals surface area (Å²) in [6, 6.07) is 2.84. The molecular formula is C13H18FNO4S. The Balaban J connectivity index is 2.98. The maximum absolute atomic E-state index is 13.2. The second-order valence-corrected chi connectivity index (χ2v) is 6.40. The van der Waals surface area contributed by atoms with Crippen LogP contribution >= 0.6 is 0 Å². The molecular weight excluding hydrogens is 285 g/mol. The van der Waals surface area contributed by atoms with Crippen molar-refractivity contribution in [1.82, 2.24) is 4.90 Å². The highest BCUT2D eigenvalue weighted by Crippen LogP contribution is 2.16. The minimum Gasteiger partial charge on any atom is -0.478 e. The minimum atomic E-state index is -3.62. The standard InChI is InChI=1S/C13H18FNO4S/c1-3-15(4-2)7-8-20(18,19)10-5-6-12(14)11(9-10)13(16)17/h5-6,9H,3-4,7-8H2,1-2H3,(H,16,17). The fourth-order valence-corrected chi connectivity index (χ4v) is 3.08. The number of rotatable bonds is 7. The van der Waals surface area contributed by atoms with Gasteiger partial charge in [-0.05, 0) is 31.3 Å². The molecule has 1 rings (SSSR count). The number of carboxylic acid groups (broad SMARTS) is 1. The summed E-state index contributed by atoms with van der Waals surface area (Å²) in [5, 5.41) is 8.81. The van der Waals surface area contributed by atoms with E-state index in [9.17, 15) is 17.6 Å². The van der Waals surface area contributed by atoms with E-state index in [1.54, 1.807) is 0 Å². The van der Waals surface area contributed by atoms with Gasteiger partial charge >= 0.3 is 5.97 Å². The molecule has 0 saturated carbocycles. The minimum absolute atomic E-state index is 0.126. The molecule has 0 atom stereocenters. The second kappa shape index (κ2) is 6.81. The topological polar surface area (TPSA) is 74.7 Å². The third-order valence-corrected chi connectivity index (χ3v) is 4.79. The molecule has 1 aromatic carbocycles. The van der Waals surface area contributed by atoms with E-state index >= 15 is 0 Å². The Labute approximate surface area is 117 Å². The first-order valence-electron chi connectivity index (χ1n) is 6.29. The van der Waals surface area contributed by atoms with Crippen LogP contribution in [0.4, 0.5) is 4.39 Å². The van der Waals surface area contributed by atoms with Crippen LogP contribution in [0, 0.1) is 5.82 Å². The quantitative estimate of drug-likeness (QED) is 0.775. The number of nitrogens with zero attached hydrogens (tertiary/aromatic N) is 1. The highest BCUT2D eigenvalue weighted by atomic mass is 32.2. The molecule has 0 saturated heterocycles. The Bertz CT molecular complexity index is 582. The molecule has 0 aliphatic rings. The van der Waals surface area contributed by atoms with Crippen molar-refractivity contribution in [2.75, 3.05) is 25.4 Å². The van der Waals surface area contributed by atoms with Crippen molar-refractivity contribution in [2.24, 2.45) is 0 Å². The van der Waals surface area contributed by atoms with Gasteiger partial charge < -0.3 is 10.0 Å². The predicted molar refractivity (Wildman–Crippen MR) is 73.2 cm³/mol. The van der Waals surface area contributed by atoms with Gasteiger partial charge in [0.1, 0.15) is 5.82 Å². The lowest BCUT2D eigenvalue weighted by molar-refractivity contribution is 0.0691. The molecule has 0 aliphatic heterocycles. The molecule has 0 aliphatic carbocycles. The van der Waals surface area contributed by atoms with E-state index < -0.39 is 27.2 Å². The molecule has 1 N–H and O–H groups in total. The Morgan fingerprint density at radius 1 is 1.30 bits per heavy atom. The molecule has 1 aromatic rings. The van der Waals surface area contributed by atoms with Gasteiger partial charge in [0.2, 0.25) is 0 Å². The normalized spacial score (nSPS) is 11.8. The summed E-state index contributed by atoms with van der Waals surface area (Å²) in [5.41, 5.74) is -0.631. The smallest absolute Gasteiger partial charge is 0.338 e. The van der Waals surface area contributed by atoms with Crippen LogP contribution in [0.1, 0.15) is 24.2 Å². The van der Waals surface area contributed by atoms with Crippen LogP contribution in [0.25, 0.3) is 0 Å². The van der Waals surface area contributed by atoms with Crippen molar-refractivity contribution < 1.29 is 22.7 Å². The molecule has 0 radical (unpaired) electrons. The van der Waals surface area contributed by atoms with Crippen molar-refractivity contribution in [2.45, 2.75) is 18.7 Å². The SMILES string of the molecule is CCN(CC)CCS(=O)(=O)c1ccc(F)c(C(=O)O)c1. The highest BCUT2D eigenvalue weighted by Gasteiger charge is 2.19. The van der Waals surface area contributed by atoms with E-state index in [0.717, 1.165) is 31.3 Å². The first kappa shape index (κ1) is 16.6. The van der Waals surface area contributed by atoms with E-state index in [-0.39, 0.29) is 10.6 Å². The second-order valence-electron chi connectivity index (χ2n) is 4.29. The Kier molecular flexibility index (Phi) is 5.64. The van der Waals surface area contributed by atoms with Gasteiger partial charge in [0, 0.05) is 6.54 Å². The zero-order valence-electron chi connectivity index (χ0n) is 11.5. The maximum Gasteiger partial charge on any atom is 0.338 e. The Morgan fingerprint density at radius 3 is 2.40 bits per heavy atom. The van der Waals surface area contributed by atoms with E-state index in [1.165, 1.54) is 0 Å². The molecule has 0 unspecified atom stereocenters. The third-order valence-electron chi connectivity index (χ3n) is 3.10. The molecule has 0 spiro atoms. The summed E-state index contributed by atoms with van der Waals surface area (Å²) >= 11 is 0. The molecule has 0 fully saturated rings. The summed E-state index contributed by atoms with van der Waals surface area (Å²) in [6.07, 6.45) is 0. The van der Waals surface area contributed by atoms with Gasteiger partial charge in [-0.1, -0.05) is 13.8 Å². The van der Waals surface area contributed by atoms with Crippen LogP contribution in [0.2, 0.25) is 0 Å². The van der Waals surface area contributed by atoms with Gasteiger partial charge in [0.05, 0.1) is 16.2 Å². The van der Waals surface area contributed by atoms with Gasteiger partial charge in [0.25, 0.3) is 0 Å². The number of benzene rings is 1. The summed E-state index contributed by atoms with van der Waals surface area (Å²) < 4.78 is 37.5. The number of carbonyl (C=O) groups is 1. The van der Waals surface area contributed by atoms with Crippen LogP contribution in [0.3, 0.4) is 0 Å². The molecule has 0 aromatic heterocycles. The Morgan fingerprint density at radius 2 is 1.90 bits per heavy atom. The first-order valence-corrected chi connectivity index (χ1v) is 7.95. The Hall–Kier alpha value is -1.47. The summed E-state index contributed by atoms with van der Waals surface area (Å²) in [7, 11) is -3.62. The van der Waals surface area contributed by atoms with Gasteiger partial charge in [-0.25, -0.2) is 17.6 Å². The van der Waals surface area contributed by atoms with Crippen LogP contribution in [0.15, 0.2) is 23.1 Å². The van der Waals surface area contributed by atoms with Crippen LogP contribution in [0.5, 0.6) is 0 Å². The zero-order valence-corrected chi connectivity index (χ0v) is 12.3. The van der Waals surface area contributed by atoms with Gasteiger partial charge in [0.15, 0.2) is 9.84 Å². The molecule has 0 bridgehead atoms. The van der Waals surface area contributed by atoms with E-state index in [1.807, 2.05) is 18.7 Å². The third kappa shape index (κ3) is 4.01. The zero-order chi connectivity index (χ0) is 15.3. The van der Waals surface area contributed by atoms with Crippen molar-refractivity contribution >= 4 is 15.8 Å². The monoisotopic (exact) mass is 303 g/mol. The number of halogens is 1. The van der Waals surface area contributed by atoms with E-state index in [4.69, 9.17) is 5.11 Å². The molecule has 5 nitrogen and oxygen atoms in total. The summed E-state index contributed by atoms with van der Waals surface area (Å²) in [4.78, 5) is 12.6. The number of sulfone groups is 1. The first-order chi connectivity index (χ1) is 9.31.